The van der Waals surface area contributed by atoms with Crippen LogP contribution in [0.3, 0.4) is 0 Å². The molecular weight excluding hydrogens is 139 g/mol. The summed E-state index contributed by atoms with van der Waals surface area (Å²) >= 11 is 5.56. The summed E-state index contributed by atoms with van der Waals surface area (Å²) in [5.41, 5.74) is 0.719. The van der Waals surface area contributed by atoms with Gasteiger partial charge in [0.2, 0.25) is 0 Å². The number of hydrogen-bond acceptors (Lipinski definition) is 0. The summed E-state index contributed by atoms with van der Waals surface area (Å²) in [4.78, 5) is 0. The van der Waals surface area contributed by atoms with Crippen molar-refractivity contribution in [2.45, 2.75) is 6.92 Å². The van der Waals surface area contributed by atoms with Crippen LogP contribution in [-0.2, 0) is 0 Å². The first-order chi connectivity index (χ1) is 4.20. The largest absolute Gasteiger partial charge is 0.207 e. The molecule has 1 rings (SSSR count). The van der Waals surface area contributed by atoms with Crippen molar-refractivity contribution in [2.75, 3.05) is 0 Å². The SMILES string of the molecule is Cc1cc(F)c[c]c1Cl. The Kier molecular flexibility index (Phi) is 1.72. The summed E-state index contributed by atoms with van der Waals surface area (Å²) in [5.74, 6) is -0.295. The minimum Gasteiger partial charge on any atom is -0.207 e. The highest BCUT2D eigenvalue weighted by Gasteiger charge is 1.94. The standard InChI is InChI=1S/C7H5ClF/c1-5-4-6(9)2-3-7(5)8/h2,4H,1H3. The van der Waals surface area contributed by atoms with E-state index in [1.165, 1.54) is 12.1 Å². The second-order valence-corrected chi connectivity index (χ2v) is 2.19. The average molecular weight is 144 g/mol. The minimum atomic E-state index is -0.295. The summed E-state index contributed by atoms with van der Waals surface area (Å²) in [6, 6.07) is 5.15. The molecule has 47 valence electrons. The number of hydrogen-bond donors (Lipinski definition) is 0. The molecule has 0 heterocycles. The van der Waals surface area contributed by atoms with Crippen molar-refractivity contribution in [1.82, 2.24) is 0 Å². The van der Waals surface area contributed by atoms with Crippen LogP contribution in [0, 0.1) is 18.8 Å². The van der Waals surface area contributed by atoms with Gasteiger partial charge in [-0.2, -0.15) is 0 Å². The third kappa shape index (κ3) is 1.42. The van der Waals surface area contributed by atoms with E-state index in [1.54, 1.807) is 6.92 Å². The van der Waals surface area contributed by atoms with E-state index in [0.717, 1.165) is 5.56 Å². The van der Waals surface area contributed by atoms with E-state index in [9.17, 15) is 4.39 Å². The molecule has 0 nitrogen and oxygen atoms in total. The molecule has 9 heavy (non-hydrogen) atoms. The van der Waals surface area contributed by atoms with Gasteiger partial charge in [0.05, 0.1) is 5.02 Å². The fourth-order valence-corrected chi connectivity index (χ4v) is 0.667. The van der Waals surface area contributed by atoms with Crippen LogP contribution in [0.1, 0.15) is 5.56 Å². The van der Waals surface area contributed by atoms with Crippen LogP contribution in [0.2, 0.25) is 5.02 Å². The smallest absolute Gasteiger partial charge is 0.124 e. The topological polar surface area (TPSA) is 0 Å². The van der Waals surface area contributed by atoms with Gasteiger partial charge in [-0.15, -0.1) is 0 Å². The van der Waals surface area contributed by atoms with Gasteiger partial charge in [-0.3, -0.25) is 0 Å². The molecule has 1 aromatic carbocycles. The van der Waals surface area contributed by atoms with Crippen molar-refractivity contribution in [3.8, 4) is 0 Å². The van der Waals surface area contributed by atoms with Crippen LogP contribution < -0.4 is 0 Å². The second kappa shape index (κ2) is 2.36. The third-order valence-corrected chi connectivity index (χ3v) is 1.44. The zero-order chi connectivity index (χ0) is 6.85. The maximum absolute atomic E-state index is 12.3. The molecule has 0 aliphatic rings. The fraction of sp³-hybridized carbons (Fsp3) is 0.143. The molecule has 0 aliphatic carbocycles. The number of rotatable bonds is 0. The Hall–Kier alpha value is -0.560. The Bertz CT molecular complexity index is 220. The first-order valence-electron chi connectivity index (χ1n) is 2.53. The predicted molar refractivity (Wildman–Crippen MR) is 35.0 cm³/mol. The Morgan fingerprint density at radius 1 is 1.67 bits per heavy atom. The lowest BCUT2D eigenvalue weighted by Crippen LogP contribution is -1.77. The monoisotopic (exact) mass is 143 g/mol. The van der Waals surface area contributed by atoms with E-state index in [-0.39, 0.29) is 5.82 Å². The number of aryl methyl sites for hydroxylation is 1. The maximum Gasteiger partial charge on any atom is 0.124 e. The lowest BCUT2D eigenvalue weighted by atomic mass is 10.2. The lowest BCUT2D eigenvalue weighted by Gasteiger charge is -1.93. The Balaban J connectivity index is 3.17. The molecular formula is C7H5ClF. The normalized spacial score (nSPS) is 9.67. The Labute approximate surface area is 58.3 Å². The van der Waals surface area contributed by atoms with Gasteiger partial charge in [-0.25, -0.2) is 4.39 Å². The molecule has 0 amide bonds. The van der Waals surface area contributed by atoms with Crippen LogP contribution in [0.25, 0.3) is 0 Å². The van der Waals surface area contributed by atoms with Gasteiger partial charge >= 0.3 is 0 Å². The van der Waals surface area contributed by atoms with E-state index in [0.29, 0.717) is 5.02 Å². The molecule has 0 bridgehead atoms. The molecule has 0 saturated heterocycles. The highest BCUT2D eigenvalue weighted by Crippen LogP contribution is 2.13. The Morgan fingerprint density at radius 3 is 2.78 bits per heavy atom. The van der Waals surface area contributed by atoms with E-state index < -0.39 is 0 Å². The summed E-state index contributed by atoms with van der Waals surface area (Å²) < 4.78 is 12.3. The van der Waals surface area contributed by atoms with Gasteiger partial charge in [0.15, 0.2) is 0 Å². The van der Waals surface area contributed by atoms with Crippen LogP contribution in [0.4, 0.5) is 4.39 Å². The molecule has 0 N–H and O–H groups in total. The van der Waals surface area contributed by atoms with E-state index in [2.05, 4.69) is 6.07 Å². The van der Waals surface area contributed by atoms with Gasteiger partial charge in [0.1, 0.15) is 5.82 Å². The van der Waals surface area contributed by atoms with Crippen LogP contribution in [0.5, 0.6) is 0 Å². The van der Waals surface area contributed by atoms with Crippen molar-refractivity contribution >= 4 is 11.6 Å². The Morgan fingerprint density at radius 2 is 2.33 bits per heavy atom. The van der Waals surface area contributed by atoms with Gasteiger partial charge in [0.25, 0.3) is 0 Å². The van der Waals surface area contributed by atoms with Crippen molar-refractivity contribution in [3.05, 3.63) is 34.6 Å². The molecule has 1 aromatic rings. The molecule has 0 fully saturated rings. The molecule has 0 saturated carbocycles. The van der Waals surface area contributed by atoms with Gasteiger partial charge in [0, 0.05) is 6.07 Å². The van der Waals surface area contributed by atoms with Gasteiger partial charge < -0.3 is 0 Å². The van der Waals surface area contributed by atoms with E-state index in [1.807, 2.05) is 0 Å². The summed E-state index contributed by atoms with van der Waals surface area (Å²) in [7, 11) is 0. The third-order valence-electron chi connectivity index (χ3n) is 1.04. The molecule has 0 aromatic heterocycles. The zero-order valence-electron chi connectivity index (χ0n) is 4.91. The average Bonchev–Trinajstić information content (AvgIpc) is 1.80. The molecule has 0 aliphatic heterocycles. The van der Waals surface area contributed by atoms with Gasteiger partial charge in [-0.1, -0.05) is 11.6 Å². The molecule has 0 atom stereocenters. The summed E-state index contributed by atoms with van der Waals surface area (Å²) in [6.45, 7) is 1.74. The number of benzene rings is 1. The second-order valence-electron chi connectivity index (χ2n) is 1.81. The molecule has 0 unspecified atom stereocenters. The predicted octanol–water partition coefficient (Wildman–Crippen LogP) is 2.59. The first-order valence-corrected chi connectivity index (χ1v) is 2.91. The minimum absolute atomic E-state index is 0.295. The van der Waals surface area contributed by atoms with Crippen molar-refractivity contribution < 1.29 is 4.39 Å². The lowest BCUT2D eigenvalue weighted by molar-refractivity contribution is 0.626. The van der Waals surface area contributed by atoms with Crippen LogP contribution in [-0.4, -0.2) is 0 Å². The fourth-order valence-electron chi connectivity index (χ4n) is 0.558. The number of halogens is 2. The van der Waals surface area contributed by atoms with Crippen LogP contribution >= 0.6 is 11.6 Å². The molecule has 2 heteroatoms. The van der Waals surface area contributed by atoms with E-state index in [4.69, 9.17) is 11.6 Å². The van der Waals surface area contributed by atoms with Gasteiger partial charge in [-0.05, 0) is 24.6 Å². The van der Waals surface area contributed by atoms with E-state index >= 15 is 0 Å². The molecule has 0 spiro atoms. The van der Waals surface area contributed by atoms with Crippen molar-refractivity contribution in [3.63, 3.8) is 0 Å². The first kappa shape index (κ1) is 6.56. The molecule has 1 radical (unpaired) electrons. The summed E-state index contributed by atoms with van der Waals surface area (Å²) in [5, 5.41) is 0.483. The highest BCUT2D eigenvalue weighted by atomic mass is 35.5. The quantitative estimate of drug-likeness (QED) is 0.524. The maximum atomic E-state index is 12.3. The summed E-state index contributed by atoms with van der Waals surface area (Å²) in [6.07, 6.45) is 0. The zero-order valence-corrected chi connectivity index (χ0v) is 5.67. The van der Waals surface area contributed by atoms with Crippen molar-refractivity contribution in [1.29, 1.82) is 0 Å². The highest BCUT2D eigenvalue weighted by molar-refractivity contribution is 6.31. The van der Waals surface area contributed by atoms with Crippen LogP contribution in [0.15, 0.2) is 12.1 Å². The van der Waals surface area contributed by atoms with Crippen molar-refractivity contribution in [2.24, 2.45) is 0 Å².